The zero-order valence-corrected chi connectivity index (χ0v) is 7.91. The van der Waals surface area contributed by atoms with Crippen molar-refractivity contribution in [2.45, 2.75) is 4.43 Å². The van der Waals surface area contributed by atoms with Crippen LogP contribution in [0.5, 0.6) is 0 Å². The van der Waals surface area contributed by atoms with Crippen LogP contribution < -0.4 is 5.23 Å². The Morgan fingerprint density at radius 3 is 2.82 bits per heavy atom. The minimum atomic E-state index is -0.864. The number of hydrogen-bond donors (Lipinski definition) is 2. The molecule has 0 aliphatic rings. The maximum absolute atomic E-state index is 10.5. The number of quaternary nitrogens is 1. The molecule has 1 aromatic carbocycles. The van der Waals surface area contributed by atoms with Crippen molar-refractivity contribution in [1.82, 2.24) is 0 Å². The fraction of sp³-hybridized carbons (Fsp3) is 0.143. The molecule has 1 atom stereocenters. The summed E-state index contributed by atoms with van der Waals surface area (Å²) < 4.78 is 0.846. The minimum absolute atomic E-state index is 0.360. The molecule has 0 saturated carbocycles. The summed E-state index contributed by atoms with van der Waals surface area (Å²) in [5.74, 6) is 0. The van der Waals surface area contributed by atoms with Crippen LogP contribution in [0.3, 0.4) is 0 Å². The van der Waals surface area contributed by atoms with Crippen LogP contribution in [-0.4, -0.2) is 5.21 Å². The lowest BCUT2D eigenvalue weighted by Crippen LogP contribution is -2.99. The Labute approximate surface area is 78.3 Å². The fourth-order valence-electron chi connectivity index (χ4n) is 0.787. The average molecular weight is 265 g/mol. The topological polar surface area (TPSA) is 47.7 Å². The van der Waals surface area contributed by atoms with E-state index in [0.717, 1.165) is 9.99 Å². The molecule has 0 heterocycles. The summed E-state index contributed by atoms with van der Waals surface area (Å²) in [6.45, 7) is 0. The van der Waals surface area contributed by atoms with E-state index in [2.05, 4.69) is 22.6 Å². The Morgan fingerprint density at radius 1 is 1.55 bits per heavy atom. The van der Waals surface area contributed by atoms with Crippen molar-refractivity contribution in [3.05, 3.63) is 35.0 Å². The van der Waals surface area contributed by atoms with Crippen molar-refractivity contribution in [1.29, 1.82) is 0 Å². The van der Waals surface area contributed by atoms with Crippen LogP contribution in [0.1, 0.15) is 5.56 Å². The zero-order valence-electron chi connectivity index (χ0n) is 5.75. The molecule has 0 aliphatic carbocycles. The van der Waals surface area contributed by atoms with Crippen molar-refractivity contribution >= 4 is 28.3 Å². The van der Waals surface area contributed by atoms with Crippen molar-refractivity contribution in [2.75, 3.05) is 0 Å². The van der Waals surface area contributed by atoms with Gasteiger partial charge in [0, 0.05) is 16.6 Å². The normalized spacial score (nSPS) is 13.0. The molecule has 0 spiro atoms. The molecular formula is C7H8INO2. The van der Waals surface area contributed by atoms with E-state index in [9.17, 15) is 5.21 Å². The second kappa shape index (κ2) is 4.01. The zero-order chi connectivity index (χ0) is 8.27. The van der Waals surface area contributed by atoms with Gasteiger partial charge in [-0.3, -0.25) is 0 Å². The van der Waals surface area contributed by atoms with E-state index in [-0.39, 0.29) is 0 Å². The first kappa shape index (κ1) is 8.92. The Bertz CT molecular complexity index is 240. The highest BCUT2D eigenvalue weighted by Gasteiger charge is 1.98. The van der Waals surface area contributed by atoms with Gasteiger partial charge in [0.2, 0.25) is 0 Å². The van der Waals surface area contributed by atoms with E-state index in [1.54, 1.807) is 18.2 Å². The molecule has 1 unspecified atom stereocenters. The highest BCUT2D eigenvalue weighted by molar-refractivity contribution is 14.1. The summed E-state index contributed by atoms with van der Waals surface area (Å²) in [7, 11) is 0. The number of nitrogens with one attached hydrogen (secondary N) is 1. The Morgan fingerprint density at radius 2 is 2.27 bits per heavy atom. The predicted molar refractivity (Wildman–Crippen MR) is 49.9 cm³/mol. The smallest absolute Gasteiger partial charge is 0.164 e. The lowest BCUT2D eigenvalue weighted by molar-refractivity contribution is -0.991. The molecule has 0 aliphatic heterocycles. The second-order valence-corrected chi connectivity index (χ2v) is 2.90. The number of hydrogen-bond acceptors (Lipinski definition) is 2. The summed E-state index contributed by atoms with van der Waals surface area (Å²) in [6.07, 6.45) is 0. The first-order valence-corrected chi connectivity index (χ1v) is 4.65. The molecule has 0 radical (unpaired) electrons. The monoisotopic (exact) mass is 265 g/mol. The first-order valence-electron chi connectivity index (χ1n) is 3.12. The van der Waals surface area contributed by atoms with Crippen LogP contribution in [0.15, 0.2) is 24.3 Å². The van der Waals surface area contributed by atoms with E-state index >= 15 is 0 Å². The van der Waals surface area contributed by atoms with E-state index in [0.29, 0.717) is 5.69 Å². The number of benzene rings is 1. The molecule has 60 valence electrons. The van der Waals surface area contributed by atoms with Crippen LogP contribution in [0.25, 0.3) is 0 Å². The minimum Gasteiger partial charge on any atom is -0.595 e. The number of halogens is 1. The summed E-state index contributed by atoms with van der Waals surface area (Å²) in [5, 5.41) is 18.2. The molecule has 0 saturated heterocycles. The molecule has 4 heteroatoms. The van der Waals surface area contributed by atoms with E-state index in [1.165, 1.54) is 0 Å². The van der Waals surface area contributed by atoms with Gasteiger partial charge in [-0.25, -0.2) is 5.21 Å². The van der Waals surface area contributed by atoms with Crippen molar-refractivity contribution in [3.63, 3.8) is 0 Å². The van der Waals surface area contributed by atoms with Crippen molar-refractivity contribution < 1.29 is 10.4 Å². The number of alkyl halides is 1. The van der Waals surface area contributed by atoms with Crippen LogP contribution in [0, 0.1) is 5.21 Å². The quantitative estimate of drug-likeness (QED) is 0.476. The molecule has 0 aromatic heterocycles. The largest absolute Gasteiger partial charge is 0.595 e. The molecule has 1 aromatic rings. The molecule has 0 bridgehead atoms. The number of rotatable bonds is 2. The summed E-state index contributed by atoms with van der Waals surface area (Å²) >= 11 is 2.20. The van der Waals surface area contributed by atoms with Gasteiger partial charge in [0.25, 0.3) is 0 Å². The lowest BCUT2D eigenvalue weighted by atomic mass is 10.2. The Kier molecular flexibility index (Phi) is 3.25. The maximum atomic E-state index is 10.5. The van der Waals surface area contributed by atoms with Crippen LogP contribution in [-0.2, 0) is 4.43 Å². The molecule has 1 rings (SSSR count). The highest BCUT2D eigenvalue weighted by atomic mass is 127. The van der Waals surface area contributed by atoms with Crippen LogP contribution >= 0.6 is 22.6 Å². The van der Waals surface area contributed by atoms with Crippen LogP contribution in [0.4, 0.5) is 5.69 Å². The van der Waals surface area contributed by atoms with E-state index in [1.807, 2.05) is 6.07 Å². The molecular weight excluding hydrogens is 257 g/mol. The third-order valence-corrected chi connectivity index (χ3v) is 2.21. The van der Waals surface area contributed by atoms with Gasteiger partial charge in [0.15, 0.2) is 5.69 Å². The van der Waals surface area contributed by atoms with E-state index in [4.69, 9.17) is 5.21 Å². The average Bonchev–Trinajstić information content (AvgIpc) is 2.05. The van der Waals surface area contributed by atoms with Gasteiger partial charge >= 0.3 is 0 Å². The summed E-state index contributed by atoms with van der Waals surface area (Å²) in [5.41, 5.74) is 1.41. The van der Waals surface area contributed by atoms with Crippen molar-refractivity contribution in [2.24, 2.45) is 0 Å². The summed E-state index contributed by atoms with van der Waals surface area (Å²) in [6, 6.07) is 6.96. The maximum Gasteiger partial charge on any atom is 0.164 e. The lowest BCUT2D eigenvalue weighted by Gasteiger charge is -2.11. The van der Waals surface area contributed by atoms with Gasteiger partial charge in [0.1, 0.15) is 0 Å². The molecule has 2 N–H and O–H groups in total. The van der Waals surface area contributed by atoms with Gasteiger partial charge < -0.3 is 5.21 Å². The van der Waals surface area contributed by atoms with Gasteiger partial charge in [-0.05, 0) is 5.56 Å². The Balaban J connectivity index is 2.91. The SMILES string of the molecule is [O-][NH+](O)c1cccc(CI)c1. The second-order valence-electron chi connectivity index (χ2n) is 2.14. The standard InChI is InChI=1S/C7H8INO2/c8-5-6-2-1-3-7(4-6)9(10)11/h1-4,9-10H,5H2. The molecule has 3 nitrogen and oxygen atoms in total. The summed E-state index contributed by atoms with van der Waals surface area (Å²) in [4.78, 5) is 0. The Hall–Kier alpha value is -0.170. The molecule has 11 heavy (non-hydrogen) atoms. The van der Waals surface area contributed by atoms with Crippen LogP contribution in [0.2, 0.25) is 0 Å². The third-order valence-electron chi connectivity index (χ3n) is 1.33. The molecule has 0 fully saturated rings. The van der Waals surface area contributed by atoms with Gasteiger partial charge in [0.05, 0.1) is 0 Å². The third kappa shape index (κ3) is 2.41. The van der Waals surface area contributed by atoms with Crippen molar-refractivity contribution in [3.8, 4) is 0 Å². The first-order chi connectivity index (χ1) is 5.24. The van der Waals surface area contributed by atoms with Gasteiger partial charge in [-0.1, -0.05) is 34.7 Å². The van der Waals surface area contributed by atoms with Gasteiger partial charge in [-0.15, -0.1) is 0 Å². The van der Waals surface area contributed by atoms with Gasteiger partial charge in [-0.2, -0.15) is 5.23 Å². The fourth-order valence-corrected chi connectivity index (χ4v) is 1.26. The highest BCUT2D eigenvalue weighted by Crippen LogP contribution is 2.09. The predicted octanol–water partition coefficient (Wildman–Crippen LogP) is 1.02. The van der Waals surface area contributed by atoms with E-state index < -0.39 is 5.23 Å². The molecule has 0 amide bonds.